The van der Waals surface area contributed by atoms with Crippen molar-refractivity contribution in [2.75, 3.05) is 13.1 Å². The average molecular weight is 490 g/mol. The van der Waals surface area contributed by atoms with Crippen molar-refractivity contribution in [3.8, 4) is 0 Å². The Balaban J connectivity index is 1.67. The molecule has 11 heteroatoms. The molecule has 0 fully saturated rings. The molecular weight excluding hydrogens is 464 g/mol. The SMILES string of the molecule is NN/C(=[NH+]\N)c1ccc2c(c1)c1ccccc1n2Cc1ccc(C(=O)N(CC(=O)O)CC(=O)O)cc1. The van der Waals surface area contributed by atoms with Crippen LogP contribution in [0.3, 0.4) is 0 Å². The van der Waals surface area contributed by atoms with Crippen LogP contribution in [-0.2, 0) is 16.1 Å². The topological polar surface area (TPSA) is 178 Å². The maximum atomic E-state index is 12.7. The Morgan fingerprint density at radius 3 is 2.08 bits per heavy atom. The van der Waals surface area contributed by atoms with Gasteiger partial charge >= 0.3 is 17.8 Å². The molecule has 0 bridgehead atoms. The van der Waals surface area contributed by atoms with Gasteiger partial charge in [-0.1, -0.05) is 30.3 Å². The zero-order chi connectivity index (χ0) is 25.8. The summed E-state index contributed by atoms with van der Waals surface area (Å²) in [5, 5.41) is 22.6. The van der Waals surface area contributed by atoms with E-state index >= 15 is 0 Å². The minimum absolute atomic E-state index is 0.208. The lowest BCUT2D eigenvalue weighted by Crippen LogP contribution is -2.83. The third-order valence-corrected chi connectivity index (χ3v) is 5.83. The Kier molecular flexibility index (Phi) is 6.84. The zero-order valence-electron chi connectivity index (χ0n) is 19.1. The number of hydrazine groups is 2. The minimum Gasteiger partial charge on any atom is -0.480 e. The molecule has 1 heterocycles. The van der Waals surface area contributed by atoms with Crippen molar-refractivity contribution in [1.29, 1.82) is 0 Å². The Bertz CT molecular complexity index is 1480. The first-order valence-electron chi connectivity index (χ1n) is 11.0. The lowest BCUT2D eigenvalue weighted by atomic mass is 10.1. The largest absolute Gasteiger partial charge is 0.480 e. The monoisotopic (exact) mass is 489 g/mol. The van der Waals surface area contributed by atoms with Gasteiger partial charge in [-0.25, -0.2) is 0 Å². The lowest BCUT2D eigenvalue weighted by Gasteiger charge is -2.18. The van der Waals surface area contributed by atoms with Crippen LogP contribution in [0.2, 0.25) is 0 Å². The van der Waals surface area contributed by atoms with Gasteiger partial charge in [-0.2, -0.15) is 16.4 Å². The molecule has 11 nitrogen and oxygen atoms in total. The molecule has 36 heavy (non-hydrogen) atoms. The molecule has 0 aliphatic heterocycles. The number of carboxylic acids is 2. The number of hydrogen-bond donors (Lipinski definition) is 6. The summed E-state index contributed by atoms with van der Waals surface area (Å²) in [4.78, 5) is 35.6. The number of para-hydroxylation sites is 1. The van der Waals surface area contributed by atoms with Crippen LogP contribution < -0.4 is 22.2 Å². The Hall–Kier alpha value is -4.90. The van der Waals surface area contributed by atoms with Crippen molar-refractivity contribution in [3.63, 3.8) is 0 Å². The van der Waals surface area contributed by atoms with Crippen LogP contribution in [0.25, 0.3) is 21.8 Å². The van der Waals surface area contributed by atoms with Gasteiger partial charge in [0.05, 0.1) is 5.56 Å². The summed E-state index contributed by atoms with van der Waals surface area (Å²) in [5.41, 5.74) is 6.46. The summed E-state index contributed by atoms with van der Waals surface area (Å²) in [6.07, 6.45) is 0. The summed E-state index contributed by atoms with van der Waals surface area (Å²) in [7, 11) is 0. The molecule has 184 valence electrons. The number of carbonyl (C=O) groups excluding carboxylic acids is 1. The van der Waals surface area contributed by atoms with Gasteiger partial charge in [0.15, 0.2) is 0 Å². The number of nitrogens with two attached hydrogens (primary N) is 2. The standard InChI is InChI=1S/C25H24N6O5/c26-28-24(29-27)17-9-10-21-19(11-17)18-3-1-2-4-20(18)31(21)12-15-5-7-16(8-6-15)25(36)30(13-22(32)33)14-23(34)35/h1-11H,12-14,26-27H2,(H,28,29)(H,32,33)(H,34,35)/p+1. The quantitative estimate of drug-likeness (QED) is 0.0839. The van der Waals surface area contributed by atoms with Gasteiger partial charge in [-0.15, -0.1) is 0 Å². The van der Waals surface area contributed by atoms with E-state index in [1.807, 2.05) is 42.5 Å². The minimum atomic E-state index is -1.29. The highest BCUT2D eigenvalue weighted by molar-refractivity contribution is 6.10. The number of carbonyl (C=O) groups is 3. The van der Waals surface area contributed by atoms with Crippen LogP contribution in [0.4, 0.5) is 0 Å². The number of nitrogens with zero attached hydrogens (tertiary/aromatic N) is 2. The second-order valence-electron chi connectivity index (χ2n) is 8.14. The lowest BCUT2D eigenvalue weighted by molar-refractivity contribution is -0.471. The summed E-state index contributed by atoms with van der Waals surface area (Å²) >= 11 is 0. The number of fused-ring (bicyclic) bond motifs is 3. The van der Waals surface area contributed by atoms with E-state index in [0.29, 0.717) is 12.4 Å². The van der Waals surface area contributed by atoms with Gasteiger partial charge < -0.3 is 19.7 Å². The number of benzene rings is 3. The van der Waals surface area contributed by atoms with Gasteiger partial charge in [0, 0.05) is 33.9 Å². The van der Waals surface area contributed by atoms with E-state index < -0.39 is 30.9 Å². The molecule has 4 rings (SSSR count). The molecule has 0 atom stereocenters. The summed E-state index contributed by atoms with van der Waals surface area (Å²) < 4.78 is 2.15. The summed E-state index contributed by atoms with van der Waals surface area (Å²) in [6.45, 7) is -0.893. The number of aliphatic carboxylic acids is 2. The third-order valence-electron chi connectivity index (χ3n) is 5.83. The maximum absolute atomic E-state index is 12.7. The van der Waals surface area contributed by atoms with Crippen LogP contribution in [0.15, 0.2) is 66.7 Å². The predicted molar refractivity (Wildman–Crippen MR) is 133 cm³/mol. The summed E-state index contributed by atoms with van der Waals surface area (Å²) in [5.74, 6) is 8.36. The number of hydrogen-bond acceptors (Lipinski definition) is 5. The number of hydrazone groups is 1. The molecule has 3 aromatic carbocycles. The molecule has 1 aromatic heterocycles. The Morgan fingerprint density at radius 2 is 1.47 bits per heavy atom. The van der Waals surface area contributed by atoms with E-state index in [-0.39, 0.29) is 5.56 Å². The predicted octanol–water partition coefficient (Wildman–Crippen LogP) is -0.382. The van der Waals surface area contributed by atoms with Crippen LogP contribution in [0, 0.1) is 0 Å². The molecular formula is C25H25N6O5+. The van der Waals surface area contributed by atoms with E-state index in [2.05, 4.69) is 15.1 Å². The van der Waals surface area contributed by atoms with Gasteiger partial charge in [0.2, 0.25) is 0 Å². The van der Waals surface area contributed by atoms with E-state index in [0.717, 1.165) is 37.8 Å². The molecule has 0 aliphatic rings. The highest BCUT2D eigenvalue weighted by atomic mass is 16.4. The molecule has 0 unspecified atom stereocenters. The Labute approximate surface area is 205 Å². The molecule has 1 amide bonds. The van der Waals surface area contributed by atoms with Crippen LogP contribution in [0.1, 0.15) is 21.5 Å². The fourth-order valence-corrected chi connectivity index (χ4v) is 4.23. The molecule has 0 radical (unpaired) electrons. The second kappa shape index (κ2) is 10.2. The van der Waals surface area contributed by atoms with E-state index in [1.54, 1.807) is 24.3 Å². The maximum Gasteiger partial charge on any atom is 0.323 e. The van der Waals surface area contributed by atoms with Crippen molar-refractivity contribution in [1.82, 2.24) is 14.9 Å². The van der Waals surface area contributed by atoms with Crippen LogP contribution in [-0.4, -0.2) is 56.5 Å². The summed E-state index contributed by atoms with van der Waals surface area (Å²) in [6, 6.07) is 20.5. The van der Waals surface area contributed by atoms with Gasteiger partial charge in [0.1, 0.15) is 13.1 Å². The van der Waals surface area contributed by atoms with Crippen molar-refractivity contribution in [2.24, 2.45) is 11.7 Å². The molecule has 8 N–H and O–H groups in total. The molecule has 0 aliphatic carbocycles. The van der Waals surface area contributed by atoms with Crippen molar-refractivity contribution in [3.05, 3.63) is 83.4 Å². The molecule has 0 saturated carbocycles. The van der Waals surface area contributed by atoms with Crippen molar-refractivity contribution >= 4 is 45.5 Å². The fraction of sp³-hybridized carbons (Fsp3) is 0.120. The molecule has 4 aromatic rings. The van der Waals surface area contributed by atoms with Gasteiger partial charge in [0.25, 0.3) is 5.91 Å². The highest BCUT2D eigenvalue weighted by Crippen LogP contribution is 2.30. The van der Waals surface area contributed by atoms with E-state index in [4.69, 9.17) is 21.9 Å². The van der Waals surface area contributed by atoms with Crippen LogP contribution in [0.5, 0.6) is 0 Å². The number of aromatic nitrogens is 1. The van der Waals surface area contributed by atoms with Gasteiger partial charge in [-0.3, -0.25) is 20.2 Å². The fourth-order valence-electron chi connectivity index (χ4n) is 4.23. The molecule has 0 saturated heterocycles. The van der Waals surface area contributed by atoms with Crippen LogP contribution >= 0.6 is 0 Å². The number of amides is 1. The second-order valence-corrected chi connectivity index (χ2v) is 8.14. The first kappa shape index (κ1) is 24.2. The van der Waals surface area contributed by atoms with E-state index in [9.17, 15) is 14.4 Å². The number of nitrogens with one attached hydrogen (secondary N) is 2. The van der Waals surface area contributed by atoms with Crippen molar-refractivity contribution < 1.29 is 29.7 Å². The Morgan fingerprint density at radius 1 is 0.861 bits per heavy atom. The average Bonchev–Trinajstić information content (AvgIpc) is 3.17. The number of rotatable bonds is 8. The number of amidine groups is 1. The van der Waals surface area contributed by atoms with Crippen molar-refractivity contribution in [2.45, 2.75) is 6.54 Å². The normalized spacial score (nSPS) is 11.5. The molecule has 0 spiro atoms. The first-order chi connectivity index (χ1) is 17.3. The first-order valence-corrected chi connectivity index (χ1v) is 11.0. The highest BCUT2D eigenvalue weighted by Gasteiger charge is 2.21. The number of carboxylic acid groups (broad SMARTS) is 2. The smallest absolute Gasteiger partial charge is 0.323 e. The third kappa shape index (κ3) is 4.81. The van der Waals surface area contributed by atoms with Gasteiger partial charge in [-0.05, 0) is 42.0 Å². The van der Waals surface area contributed by atoms with E-state index in [1.165, 1.54) is 0 Å². The zero-order valence-corrected chi connectivity index (χ0v) is 19.1.